The van der Waals surface area contributed by atoms with E-state index in [1.54, 1.807) is 11.8 Å². The zero-order valence-corrected chi connectivity index (χ0v) is 18.0. The molecule has 1 aromatic heterocycles. The second-order valence-corrected chi connectivity index (χ2v) is 11.6. The van der Waals surface area contributed by atoms with Gasteiger partial charge < -0.3 is 0 Å². The second-order valence-electron chi connectivity index (χ2n) is 8.79. The maximum absolute atomic E-state index is 13.2. The van der Waals surface area contributed by atoms with E-state index in [-0.39, 0.29) is 5.41 Å². The number of aromatic nitrogens is 2. The van der Waals surface area contributed by atoms with E-state index in [2.05, 4.69) is 24.2 Å². The molecule has 27 heavy (non-hydrogen) atoms. The first-order chi connectivity index (χ1) is 13.0. The summed E-state index contributed by atoms with van der Waals surface area (Å²) in [4.78, 5) is 13.2. The third-order valence-electron chi connectivity index (χ3n) is 6.73. The summed E-state index contributed by atoms with van der Waals surface area (Å²) >= 11 is 8.61. The molecule has 0 unspecified atom stereocenters. The number of rotatable bonds is 5. The summed E-state index contributed by atoms with van der Waals surface area (Å²) in [6.07, 6.45) is 7.56. The van der Waals surface area contributed by atoms with Crippen LogP contribution in [0.3, 0.4) is 0 Å². The highest BCUT2D eigenvalue weighted by atomic mass is 32.2. The lowest BCUT2D eigenvalue weighted by atomic mass is 9.48. The molecule has 0 N–H and O–H groups in total. The smallest absolute Gasteiger partial charge is 0.184 e. The molecule has 4 fully saturated rings. The topological polar surface area (TPSA) is 34.9 Å². The molecule has 4 saturated carbocycles. The Labute approximate surface area is 173 Å². The van der Waals surface area contributed by atoms with Gasteiger partial charge in [-0.15, -0.1) is 5.10 Å². The molecule has 0 saturated heterocycles. The number of hydrogen-bond donors (Lipinski definition) is 0. The van der Waals surface area contributed by atoms with Crippen LogP contribution in [0, 0.1) is 34.0 Å². The lowest BCUT2D eigenvalue weighted by Crippen LogP contribution is -2.50. The van der Waals surface area contributed by atoms with Gasteiger partial charge in [0.1, 0.15) is 5.78 Å². The van der Waals surface area contributed by atoms with Crippen LogP contribution in [-0.4, -0.2) is 21.3 Å². The Balaban J connectivity index is 1.30. The molecule has 6 heteroatoms. The fraction of sp³-hybridized carbons (Fsp3) is 0.571. The number of carbonyl (C=O) groups is 1. The fourth-order valence-electron chi connectivity index (χ4n) is 5.97. The number of ketones is 1. The molecule has 1 heterocycles. The second kappa shape index (κ2) is 6.82. The summed E-state index contributed by atoms with van der Waals surface area (Å²) < 4.78 is 3.47. The van der Waals surface area contributed by atoms with Crippen LogP contribution in [-0.2, 0) is 4.79 Å². The SMILES string of the molecule is Cc1cccc(-n2nc(SCC(=O)C34CC5CC(CC(C5)C3)C4)sc2=S)c1. The van der Waals surface area contributed by atoms with Crippen molar-refractivity contribution in [1.82, 2.24) is 9.78 Å². The van der Waals surface area contributed by atoms with Crippen molar-refractivity contribution in [2.24, 2.45) is 23.2 Å². The molecule has 0 amide bonds. The zero-order chi connectivity index (χ0) is 18.6. The van der Waals surface area contributed by atoms with Crippen molar-refractivity contribution in [3.63, 3.8) is 0 Å². The molecular formula is C21H24N2OS3. The highest BCUT2D eigenvalue weighted by Crippen LogP contribution is 2.60. The Morgan fingerprint density at radius 1 is 1.26 bits per heavy atom. The van der Waals surface area contributed by atoms with Crippen LogP contribution in [0.15, 0.2) is 28.6 Å². The number of nitrogens with zero attached hydrogens (tertiary/aromatic N) is 2. The minimum Gasteiger partial charge on any atom is -0.298 e. The number of Topliss-reactive ketones (excluding diaryl/α,β-unsaturated/α-hetero) is 1. The van der Waals surface area contributed by atoms with Gasteiger partial charge in [0, 0.05) is 5.41 Å². The third-order valence-corrected chi connectivity index (χ3v) is 9.10. The lowest BCUT2D eigenvalue weighted by Gasteiger charge is -2.56. The zero-order valence-electron chi connectivity index (χ0n) is 15.5. The number of benzene rings is 1. The van der Waals surface area contributed by atoms with Gasteiger partial charge in [0.25, 0.3) is 0 Å². The van der Waals surface area contributed by atoms with E-state index in [4.69, 9.17) is 12.2 Å². The fourth-order valence-corrected chi connectivity index (χ4v) is 8.37. The average Bonchev–Trinajstić information content (AvgIpc) is 2.99. The van der Waals surface area contributed by atoms with Crippen LogP contribution in [0.4, 0.5) is 0 Å². The summed E-state index contributed by atoms with van der Waals surface area (Å²) in [6.45, 7) is 2.07. The van der Waals surface area contributed by atoms with Gasteiger partial charge in [-0.1, -0.05) is 35.2 Å². The molecule has 4 aliphatic rings. The first-order valence-corrected chi connectivity index (χ1v) is 12.1. The molecule has 4 bridgehead atoms. The molecule has 0 aliphatic heterocycles. The van der Waals surface area contributed by atoms with Crippen molar-refractivity contribution in [3.8, 4) is 5.69 Å². The number of hydrogen-bond acceptors (Lipinski definition) is 5. The van der Waals surface area contributed by atoms with Gasteiger partial charge in [-0.05, 0) is 93.1 Å². The minimum absolute atomic E-state index is 0.0116. The van der Waals surface area contributed by atoms with E-state index in [9.17, 15) is 4.79 Å². The van der Waals surface area contributed by atoms with E-state index >= 15 is 0 Å². The quantitative estimate of drug-likeness (QED) is 0.452. The summed E-state index contributed by atoms with van der Waals surface area (Å²) in [6, 6.07) is 8.20. The number of aryl methyl sites for hydroxylation is 1. The first kappa shape index (κ1) is 18.1. The van der Waals surface area contributed by atoms with Crippen molar-refractivity contribution in [2.75, 3.05) is 5.75 Å². The van der Waals surface area contributed by atoms with Crippen molar-refractivity contribution in [3.05, 3.63) is 33.8 Å². The highest BCUT2D eigenvalue weighted by molar-refractivity contribution is 8.01. The summed E-state index contributed by atoms with van der Waals surface area (Å²) in [7, 11) is 0. The normalized spacial score (nSPS) is 31.4. The van der Waals surface area contributed by atoms with Crippen LogP contribution >= 0.6 is 35.3 Å². The Bertz CT molecular complexity index is 910. The van der Waals surface area contributed by atoms with Crippen LogP contribution < -0.4 is 0 Å². The highest BCUT2D eigenvalue weighted by Gasteiger charge is 2.54. The maximum Gasteiger partial charge on any atom is 0.184 e. The molecule has 2 aromatic rings. The molecule has 0 radical (unpaired) electrons. The molecule has 0 spiro atoms. The summed E-state index contributed by atoms with van der Waals surface area (Å²) in [5.74, 6) is 3.45. The Hall–Kier alpha value is -0.980. The van der Waals surface area contributed by atoms with Gasteiger partial charge in [-0.3, -0.25) is 4.79 Å². The summed E-state index contributed by atoms with van der Waals surface area (Å²) in [5, 5.41) is 4.68. The van der Waals surface area contributed by atoms with Crippen LogP contribution in [0.2, 0.25) is 0 Å². The molecule has 4 aliphatic carbocycles. The Kier molecular flexibility index (Phi) is 4.56. The van der Waals surface area contributed by atoms with Crippen LogP contribution in [0.5, 0.6) is 0 Å². The number of carbonyl (C=O) groups excluding carboxylic acids is 1. The van der Waals surface area contributed by atoms with Gasteiger partial charge in [0.15, 0.2) is 8.29 Å². The average molecular weight is 417 g/mol. The first-order valence-electron chi connectivity index (χ1n) is 9.84. The van der Waals surface area contributed by atoms with E-state index in [0.717, 1.165) is 51.0 Å². The Morgan fingerprint density at radius 2 is 1.93 bits per heavy atom. The monoisotopic (exact) mass is 416 g/mol. The molecule has 1 aromatic carbocycles. The molecule has 6 rings (SSSR count). The van der Waals surface area contributed by atoms with Gasteiger partial charge in [0.05, 0.1) is 11.4 Å². The predicted octanol–water partition coefficient (Wildman–Crippen LogP) is 5.85. The van der Waals surface area contributed by atoms with Gasteiger partial charge in [-0.25, -0.2) is 4.68 Å². The largest absolute Gasteiger partial charge is 0.298 e. The van der Waals surface area contributed by atoms with Crippen LogP contribution in [0.25, 0.3) is 5.69 Å². The van der Waals surface area contributed by atoms with Crippen molar-refractivity contribution in [1.29, 1.82) is 0 Å². The van der Waals surface area contributed by atoms with Gasteiger partial charge >= 0.3 is 0 Å². The van der Waals surface area contributed by atoms with Crippen molar-refractivity contribution >= 4 is 41.1 Å². The predicted molar refractivity (Wildman–Crippen MR) is 113 cm³/mol. The van der Waals surface area contributed by atoms with E-state index in [1.165, 1.54) is 36.2 Å². The van der Waals surface area contributed by atoms with E-state index in [1.807, 2.05) is 16.8 Å². The van der Waals surface area contributed by atoms with E-state index in [0.29, 0.717) is 11.5 Å². The third kappa shape index (κ3) is 3.34. The van der Waals surface area contributed by atoms with Gasteiger partial charge in [-0.2, -0.15) is 0 Å². The standard InChI is InChI=1S/C21H24N2OS3/c1-13-3-2-4-17(5-13)23-20(25)27-19(22-23)26-12-18(24)21-9-14-6-15(10-21)8-16(7-14)11-21/h2-5,14-16H,6-12H2,1H3. The number of thioether (sulfide) groups is 1. The van der Waals surface area contributed by atoms with Crippen LogP contribution in [0.1, 0.15) is 44.1 Å². The van der Waals surface area contributed by atoms with Crippen molar-refractivity contribution < 1.29 is 4.79 Å². The molecule has 3 nitrogen and oxygen atoms in total. The van der Waals surface area contributed by atoms with Gasteiger partial charge in [0.2, 0.25) is 0 Å². The minimum atomic E-state index is -0.0116. The molecular weight excluding hydrogens is 392 g/mol. The molecule has 142 valence electrons. The maximum atomic E-state index is 13.2. The van der Waals surface area contributed by atoms with E-state index < -0.39 is 0 Å². The lowest BCUT2D eigenvalue weighted by molar-refractivity contribution is -0.141. The molecule has 0 atom stereocenters. The summed E-state index contributed by atoms with van der Waals surface area (Å²) in [5.41, 5.74) is 2.17. The van der Waals surface area contributed by atoms with Crippen molar-refractivity contribution in [2.45, 2.75) is 49.8 Å². The Morgan fingerprint density at radius 3 is 2.56 bits per heavy atom.